The van der Waals surface area contributed by atoms with Crippen LogP contribution in [0.15, 0.2) is 17.5 Å². The summed E-state index contributed by atoms with van der Waals surface area (Å²) in [6, 6.07) is 0. The number of anilines is 1. The molecule has 2 aromatic heterocycles. The molecule has 0 bridgehead atoms. The number of hydrogen-bond donors (Lipinski definition) is 3. The lowest BCUT2D eigenvalue weighted by Crippen LogP contribution is -2.46. The molecule has 30 heavy (non-hydrogen) atoms. The molecule has 10 heteroatoms. The third kappa shape index (κ3) is 6.27. The normalized spacial score (nSPS) is 18.2. The minimum Gasteiger partial charge on any atom is -0.374 e. The largest absolute Gasteiger partial charge is 0.374 e. The number of nitrogens with zero attached hydrogens (tertiary/aromatic N) is 6. The van der Waals surface area contributed by atoms with Crippen molar-refractivity contribution in [3.8, 4) is 0 Å². The molecule has 1 atom stereocenters. The van der Waals surface area contributed by atoms with E-state index in [9.17, 15) is 0 Å². The molecule has 1 aliphatic heterocycles. The Balaban J connectivity index is 1.46. The van der Waals surface area contributed by atoms with Gasteiger partial charge in [0.25, 0.3) is 0 Å². The van der Waals surface area contributed by atoms with E-state index in [1.807, 2.05) is 7.05 Å². The van der Waals surface area contributed by atoms with Crippen molar-refractivity contribution < 1.29 is 4.74 Å². The maximum Gasteiger partial charge on any atom is 0.191 e. The monoisotopic (exact) mass is 417 g/mol. The highest BCUT2D eigenvalue weighted by Gasteiger charge is 2.20. The molecule has 3 N–H and O–H groups in total. The molecule has 1 saturated heterocycles. The summed E-state index contributed by atoms with van der Waals surface area (Å²) in [4.78, 5) is 15.8. The number of fused-ring (bicyclic) bond motifs is 1. The maximum absolute atomic E-state index is 5.91. The van der Waals surface area contributed by atoms with Gasteiger partial charge in [0.05, 0.1) is 30.8 Å². The lowest BCUT2D eigenvalue weighted by Gasteiger charge is -2.33. The van der Waals surface area contributed by atoms with Gasteiger partial charge >= 0.3 is 0 Å². The molecule has 0 radical (unpaired) electrons. The zero-order chi connectivity index (χ0) is 21.3. The summed E-state index contributed by atoms with van der Waals surface area (Å²) in [6.45, 7) is 13.3. The topological polar surface area (TPSA) is 105 Å². The van der Waals surface area contributed by atoms with Gasteiger partial charge in [-0.1, -0.05) is 13.8 Å². The van der Waals surface area contributed by atoms with Crippen LogP contribution in [0.4, 0.5) is 5.82 Å². The average Bonchev–Trinajstić information content (AvgIpc) is 3.11. The number of hydrogen-bond acceptors (Lipinski definition) is 7. The van der Waals surface area contributed by atoms with Crippen molar-refractivity contribution in [3.63, 3.8) is 0 Å². The number of aliphatic imine (C=N–C) groups is 1. The van der Waals surface area contributed by atoms with Crippen molar-refractivity contribution >= 4 is 22.8 Å². The van der Waals surface area contributed by atoms with E-state index in [1.165, 1.54) is 0 Å². The van der Waals surface area contributed by atoms with E-state index in [2.05, 4.69) is 56.7 Å². The molecule has 2 aromatic rings. The van der Waals surface area contributed by atoms with Crippen LogP contribution in [0.1, 0.15) is 20.8 Å². The second kappa shape index (κ2) is 11.1. The number of ether oxygens (including phenoxy) is 1. The Labute approximate surface area is 178 Å². The first kappa shape index (κ1) is 22.2. The van der Waals surface area contributed by atoms with Gasteiger partial charge in [0.1, 0.15) is 12.1 Å². The van der Waals surface area contributed by atoms with E-state index in [0.717, 1.165) is 55.6 Å². The van der Waals surface area contributed by atoms with Crippen LogP contribution in [0.2, 0.25) is 0 Å². The Hall–Kier alpha value is -2.46. The zero-order valence-electron chi connectivity index (χ0n) is 18.6. The predicted octanol–water partition coefficient (Wildman–Crippen LogP) is 0.687. The highest BCUT2D eigenvalue weighted by atomic mass is 16.5. The summed E-state index contributed by atoms with van der Waals surface area (Å²) in [6.07, 6.45) is 3.48. The molecule has 3 rings (SSSR count). The van der Waals surface area contributed by atoms with E-state index in [4.69, 9.17) is 9.73 Å². The fourth-order valence-electron chi connectivity index (χ4n) is 3.57. The average molecular weight is 418 g/mol. The van der Waals surface area contributed by atoms with Gasteiger partial charge in [0.15, 0.2) is 11.6 Å². The van der Waals surface area contributed by atoms with E-state index < -0.39 is 0 Å². The predicted molar refractivity (Wildman–Crippen MR) is 120 cm³/mol. The molecule has 0 aliphatic carbocycles. The Bertz CT molecular complexity index is 820. The lowest BCUT2D eigenvalue weighted by molar-refractivity contribution is -0.0261. The van der Waals surface area contributed by atoms with Crippen molar-refractivity contribution in [1.82, 2.24) is 35.3 Å². The summed E-state index contributed by atoms with van der Waals surface area (Å²) < 4.78 is 7.65. The Kier molecular flexibility index (Phi) is 8.21. The summed E-state index contributed by atoms with van der Waals surface area (Å²) in [5.41, 5.74) is 0.814. The summed E-state index contributed by atoms with van der Waals surface area (Å²) in [5, 5.41) is 15.2. The SMILES string of the molecule is CCNC(=NCC1CN(CC(C)C)CCO1)NCCNc1ncnc2c1cnn2C. The minimum absolute atomic E-state index is 0.144. The Morgan fingerprint density at radius 2 is 2.17 bits per heavy atom. The fraction of sp³-hybridized carbons (Fsp3) is 0.700. The Morgan fingerprint density at radius 1 is 1.30 bits per heavy atom. The number of guanidine groups is 1. The number of aromatic nitrogens is 4. The lowest BCUT2D eigenvalue weighted by atomic mass is 10.2. The fourth-order valence-corrected chi connectivity index (χ4v) is 3.57. The van der Waals surface area contributed by atoms with Crippen LogP contribution < -0.4 is 16.0 Å². The van der Waals surface area contributed by atoms with E-state index in [-0.39, 0.29) is 6.10 Å². The van der Waals surface area contributed by atoms with Crippen molar-refractivity contribution in [2.45, 2.75) is 26.9 Å². The second-order valence-electron chi connectivity index (χ2n) is 7.95. The standard InChI is InChI=1S/C20H35N9O/c1-5-21-20(24-10-16-13-29(8-9-30-16)12-15(2)3)23-7-6-22-18-17-11-27-28(4)19(17)26-14-25-18/h11,14-16H,5-10,12-13H2,1-4H3,(H2,21,23,24)(H,22,25,26). The van der Waals surface area contributed by atoms with Gasteiger partial charge in [-0.3, -0.25) is 14.6 Å². The molecule has 0 saturated carbocycles. The third-order valence-electron chi connectivity index (χ3n) is 4.88. The Morgan fingerprint density at radius 3 is 2.97 bits per heavy atom. The smallest absolute Gasteiger partial charge is 0.191 e. The molecule has 1 aliphatic rings. The molecule has 3 heterocycles. The van der Waals surface area contributed by atoms with Crippen LogP contribution >= 0.6 is 0 Å². The third-order valence-corrected chi connectivity index (χ3v) is 4.88. The number of rotatable bonds is 9. The molecule has 0 aromatic carbocycles. The van der Waals surface area contributed by atoms with Crippen LogP contribution in [-0.2, 0) is 11.8 Å². The van der Waals surface area contributed by atoms with E-state index in [0.29, 0.717) is 25.6 Å². The maximum atomic E-state index is 5.91. The van der Waals surface area contributed by atoms with Crippen molar-refractivity contribution in [2.24, 2.45) is 18.0 Å². The van der Waals surface area contributed by atoms with Gasteiger partial charge in [0, 0.05) is 46.3 Å². The van der Waals surface area contributed by atoms with Gasteiger partial charge in [-0.25, -0.2) is 9.97 Å². The molecule has 166 valence electrons. The number of aryl methyl sites for hydroxylation is 1. The quantitative estimate of drug-likeness (QED) is 0.311. The van der Waals surface area contributed by atoms with Gasteiger partial charge in [0.2, 0.25) is 0 Å². The van der Waals surface area contributed by atoms with Crippen LogP contribution in [0.25, 0.3) is 11.0 Å². The highest BCUT2D eigenvalue weighted by molar-refractivity contribution is 5.86. The van der Waals surface area contributed by atoms with Gasteiger partial charge < -0.3 is 20.7 Å². The van der Waals surface area contributed by atoms with Gasteiger partial charge in [-0.15, -0.1) is 0 Å². The first-order valence-corrected chi connectivity index (χ1v) is 10.8. The van der Waals surface area contributed by atoms with E-state index >= 15 is 0 Å². The molecular weight excluding hydrogens is 382 g/mol. The first-order valence-electron chi connectivity index (χ1n) is 10.8. The van der Waals surface area contributed by atoms with Crippen molar-refractivity contribution in [2.75, 3.05) is 57.7 Å². The minimum atomic E-state index is 0.144. The molecule has 1 fully saturated rings. The van der Waals surface area contributed by atoms with Crippen LogP contribution in [-0.4, -0.2) is 89.1 Å². The molecule has 10 nitrogen and oxygen atoms in total. The number of morpholine rings is 1. The van der Waals surface area contributed by atoms with Crippen LogP contribution in [0, 0.1) is 5.92 Å². The first-order chi connectivity index (χ1) is 14.6. The number of nitrogens with one attached hydrogen (secondary N) is 3. The summed E-state index contributed by atoms with van der Waals surface area (Å²) in [5.74, 6) is 2.26. The zero-order valence-corrected chi connectivity index (χ0v) is 18.6. The van der Waals surface area contributed by atoms with Crippen LogP contribution in [0.5, 0.6) is 0 Å². The van der Waals surface area contributed by atoms with Crippen LogP contribution in [0.3, 0.4) is 0 Å². The molecule has 1 unspecified atom stereocenters. The second-order valence-corrected chi connectivity index (χ2v) is 7.95. The van der Waals surface area contributed by atoms with Gasteiger partial charge in [-0.05, 0) is 12.8 Å². The molecule has 0 amide bonds. The van der Waals surface area contributed by atoms with Crippen molar-refractivity contribution in [3.05, 3.63) is 12.5 Å². The molecular formula is C20H35N9O. The van der Waals surface area contributed by atoms with Crippen molar-refractivity contribution in [1.29, 1.82) is 0 Å². The van der Waals surface area contributed by atoms with E-state index in [1.54, 1.807) is 17.2 Å². The van der Waals surface area contributed by atoms with Gasteiger partial charge in [-0.2, -0.15) is 5.10 Å². The molecule has 0 spiro atoms. The summed E-state index contributed by atoms with van der Waals surface area (Å²) in [7, 11) is 1.87. The summed E-state index contributed by atoms with van der Waals surface area (Å²) >= 11 is 0. The highest BCUT2D eigenvalue weighted by Crippen LogP contribution is 2.17.